The first-order valence-electron chi connectivity index (χ1n) is 3.77. The molecular formula is C8H15NO. The molecule has 0 N–H and O–H groups in total. The van der Waals surface area contributed by atoms with Gasteiger partial charge in [0.15, 0.2) is 0 Å². The van der Waals surface area contributed by atoms with Gasteiger partial charge in [-0.05, 0) is 32.4 Å². The Morgan fingerprint density at radius 1 is 1.50 bits per heavy atom. The van der Waals surface area contributed by atoms with Gasteiger partial charge in [-0.1, -0.05) is 0 Å². The number of carbonyl (C=O) groups is 1. The number of hydrogen-bond donors (Lipinski definition) is 0. The Morgan fingerprint density at radius 2 is 2.10 bits per heavy atom. The third kappa shape index (κ3) is 1.81. The van der Waals surface area contributed by atoms with Gasteiger partial charge in [0.2, 0.25) is 0 Å². The van der Waals surface area contributed by atoms with Crippen LogP contribution in [0.25, 0.3) is 0 Å². The smallest absolute Gasteiger partial charge is 0.120 e. The van der Waals surface area contributed by atoms with Crippen molar-refractivity contribution in [2.45, 2.75) is 19.3 Å². The molecule has 2 nitrogen and oxygen atoms in total. The molecule has 2 heteroatoms. The van der Waals surface area contributed by atoms with E-state index in [1.807, 2.05) is 0 Å². The van der Waals surface area contributed by atoms with Crippen molar-refractivity contribution >= 4 is 6.29 Å². The van der Waals surface area contributed by atoms with E-state index in [2.05, 4.69) is 19.0 Å². The molecule has 58 valence electrons. The Morgan fingerprint density at radius 3 is 2.40 bits per heavy atom. The third-order valence-electron chi connectivity index (χ3n) is 2.13. The zero-order valence-corrected chi connectivity index (χ0v) is 6.76. The van der Waals surface area contributed by atoms with Crippen LogP contribution in [0.5, 0.6) is 0 Å². The van der Waals surface area contributed by atoms with Gasteiger partial charge < -0.3 is 9.69 Å². The van der Waals surface area contributed by atoms with Crippen LogP contribution in [0, 0.1) is 5.41 Å². The predicted molar refractivity (Wildman–Crippen MR) is 40.9 cm³/mol. The lowest BCUT2D eigenvalue weighted by Crippen LogP contribution is -2.22. The summed E-state index contributed by atoms with van der Waals surface area (Å²) >= 11 is 0. The summed E-state index contributed by atoms with van der Waals surface area (Å²) in [6.45, 7) is 1.08. The zero-order chi connectivity index (χ0) is 7.61. The number of nitrogens with zero attached hydrogens (tertiary/aromatic N) is 1. The van der Waals surface area contributed by atoms with Crippen molar-refractivity contribution in [3.05, 3.63) is 0 Å². The molecule has 10 heavy (non-hydrogen) atoms. The molecule has 0 saturated heterocycles. The molecule has 0 aromatic rings. The van der Waals surface area contributed by atoms with Gasteiger partial charge in [-0.2, -0.15) is 0 Å². The fraction of sp³-hybridized carbons (Fsp3) is 0.875. The molecular weight excluding hydrogens is 126 g/mol. The van der Waals surface area contributed by atoms with E-state index in [0.717, 1.165) is 19.3 Å². The molecule has 1 saturated carbocycles. The van der Waals surface area contributed by atoms with Gasteiger partial charge in [-0.25, -0.2) is 0 Å². The van der Waals surface area contributed by atoms with Gasteiger partial charge >= 0.3 is 0 Å². The first-order chi connectivity index (χ1) is 4.68. The Bertz CT molecular complexity index is 127. The second kappa shape index (κ2) is 2.70. The molecule has 1 fully saturated rings. The number of carbonyl (C=O) groups excluding carboxylic acids is 1. The average molecular weight is 141 g/mol. The number of aldehydes is 1. The number of rotatable bonds is 4. The highest BCUT2D eigenvalue weighted by Crippen LogP contribution is 2.48. The van der Waals surface area contributed by atoms with Gasteiger partial charge in [-0.3, -0.25) is 0 Å². The summed E-state index contributed by atoms with van der Waals surface area (Å²) < 4.78 is 0. The summed E-state index contributed by atoms with van der Waals surface area (Å²) in [5.41, 5.74) is 0.380. The van der Waals surface area contributed by atoms with Crippen LogP contribution in [0.3, 0.4) is 0 Å². The minimum Gasteiger partial charge on any atom is -0.309 e. The van der Waals surface area contributed by atoms with E-state index in [1.54, 1.807) is 0 Å². The quantitative estimate of drug-likeness (QED) is 0.542. The van der Waals surface area contributed by atoms with Gasteiger partial charge in [-0.15, -0.1) is 0 Å². The van der Waals surface area contributed by atoms with E-state index < -0.39 is 0 Å². The van der Waals surface area contributed by atoms with Crippen molar-refractivity contribution in [2.24, 2.45) is 5.41 Å². The van der Waals surface area contributed by atoms with Crippen molar-refractivity contribution in [1.82, 2.24) is 4.90 Å². The molecule has 0 bridgehead atoms. The van der Waals surface area contributed by atoms with Gasteiger partial charge in [0.1, 0.15) is 6.29 Å². The van der Waals surface area contributed by atoms with Crippen LogP contribution in [0.4, 0.5) is 0 Å². The Labute approximate surface area is 62.2 Å². The van der Waals surface area contributed by atoms with Crippen LogP contribution in [-0.4, -0.2) is 31.8 Å². The van der Waals surface area contributed by atoms with E-state index in [1.165, 1.54) is 12.8 Å². The maximum Gasteiger partial charge on any atom is 0.120 e. The standard InChI is InChI=1S/C8H15NO/c1-9(2)7-8(3-4-8)5-6-10/h6H,3-5,7H2,1-2H3. The van der Waals surface area contributed by atoms with Gasteiger partial charge in [0.25, 0.3) is 0 Å². The maximum atomic E-state index is 10.2. The lowest BCUT2D eigenvalue weighted by molar-refractivity contribution is -0.108. The zero-order valence-electron chi connectivity index (χ0n) is 6.76. The summed E-state index contributed by atoms with van der Waals surface area (Å²) in [7, 11) is 4.12. The molecule has 0 atom stereocenters. The highest BCUT2D eigenvalue weighted by Gasteiger charge is 2.42. The highest BCUT2D eigenvalue weighted by molar-refractivity contribution is 5.51. The van der Waals surface area contributed by atoms with Crippen molar-refractivity contribution in [3.63, 3.8) is 0 Å². The van der Waals surface area contributed by atoms with Crippen LogP contribution in [-0.2, 0) is 4.79 Å². The van der Waals surface area contributed by atoms with Crippen LogP contribution in [0.2, 0.25) is 0 Å². The molecule has 0 unspecified atom stereocenters. The van der Waals surface area contributed by atoms with Crippen molar-refractivity contribution in [3.8, 4) is 0 Å². The third-order valence-corrected chi connectivity index (χ3v) is 2.13. The lowest BCUT2D eigenvalue weighted by atomic mass is 10.0. The number of hydrogen-bond acceptors (Lipinski definition) is 2. The Balaban J connectivity index is 2.30. The lowest BCUT2D eigenvalue weighted by Gasteiger charge is -2.16. The summed E-state index contributed by atoms with van der Waals surface area (Å²) in [5, 5.41) is 0. The van der Waals surface area contributed by atoms with Crippen LogP contribution in [0.15, 0.2) is 0 Å². The molecule has 0 aromatic carbocycles. The highest BCUT2D eigenvalue weighted by atomic mass is 16.1. The Hall–Kier alpha value is -0.370. The normalized spacial score (nSPS) is 21.1. The van der Waals surface area contributed by atoms with Crippen LogP contribution < -0.4 is 0 Å². The van der Waals surface area contributed by atoms with Gasteiger partial charge in [0, 0.05) is 13.0 Å². The Kier molecular flexibility index (Phi) is 2.09. The van der Waals surface area contributed by atoms with E-state index in [0.29, 0.717) is 5.41 Å². The predicted octanol–water partition coefficient (Wildman–Crippen LogP) is 0.917. The second-order valence-corrected chi connectivity index (χ2v) is 3.61. The second-order valence-electron chi connectivity index (χ2n) is 3.61. The fourth-order valence-corrected chi connectivity index (χ4v) is 1.45. The van der Waals surface area contributed by atoms with Crippen molar-refractivity contribution in [1.29, 1.82) is 0 Å². The summed E-state index contributed by atoms with van der Waals surface area (Å²) in [4.78, 5) is 12.4. The molecule has 0 radical (unpaired) electrons. The minimum absolute atomic E-state index is 0.380. The molecule has 1 rings (SSSR count). The molecule has 0 amide bonds. The van der Waals surface area contributed by atoms with E-state index in [9.17, 15) is 4.79 Å². The minimum atomic E-state index is 0.380. The first-order valence-corrected chi connectivity index (χ1v) is 3.77. The summed E-state index contributed by atoms with van der Waals surface area (Å²) in [5.74, 6) is 0. The first kappa shape index (κ1) is 7.73. The van der Waals surface area contributed by atoms with Crippen molar-refractivity contribution in [2.75, 3.05) is 20.6 Å². The van der Waals surface area contributed by atoms with E-state index >= 15 is 0 Å². The average Bonchev–Trinajstić information content (AvgIpc) is 2.47. The summed E-state index contributed by atoms with van der Waals surface area (Å²) in [6, 6.07) is 0. The molecule has 0 spiro atoms. The molecule has 1 aliphatic rings. The SMILES string of the molecule is CN(C)CC1(CC=O)CC1. The van der Waals surface area contributed by atoms with E-state index in [-0.39, 0.29) is 0 Å². The fourth-order valence-electron chi connectivity index (χ4n) is 1.45. The molecule has 0 aliphatic heterocycles. The van der Waals surface area contributed by atoms with Crippen LogP contribution >= 0.6 is 0 Å². The largest absolute Gasteiger partial charge is 0.309 e. The molecule has 0 aromatic heterocycles. The van der Waals surface area contributed by atoms with Crippen LogP contribution in [0.1, 0.15) is 19.3 Å². The summed E-state index contributed by atoms with van der Waals surface area (Å²) in [6.07, 6.45) is 4.29. The topological polar surface area (TPSA) is 20.3 Å². The molecule has 1 aliphatic carbocycles. The monoisotopic (exact) mass is 141 g/mol. The van der Waals surface area contributed by atoms with Crippen molar-refractivity contribution < 1.29 is 4.79 Å². The van der Waals surface area contributed by atoms with E-state index in [4.69, 9.17) is 0 Å². The van der Waals surface area contributed by atoms with Gasteiger partial charge in [0.05, 0.1) is 0 Å². The maximum absolute atomic E-state index is 10.2. The molecule has 0 heterocycles.